The van der Waals surface area contributed by atoms with E-state index < -0.39 is 0 Å². The van der Waals surface area contributed by atoms with Gasteiger partial charge < -0.3 is 15.7 Å². The fraction of sp³-hybridized carbons (Fsp3) is 0.148. The van der Waals surface area contributed by atoms with Crippen molar-refractivity contribution < 1.29 is 14.7 Å². The van der Waals surface area contributed by atoms with E-state index in [-0.39, 0.29) is 17.6 Å². The maximum atomic E-state index is 13.0. The Hall–Kier alpha value is -4.39. The second-order valence-corrected chi connectivity index (χ2v) is 7.86. The molecule has 1 aromatic heterocycles. The maximum absolute atomic E-state index is 13.0. The Morgan fingerprint density at radius 2 is 1.50 bits per heavy atom. The van der Waals surface area contributed by atoms with E-state index in [0.29, 0.717) is 42.9 Å². The number of nitrogens with one attached hydrogen (secondary N) is 2. The number of aromatic nitrogens is 2. The molecule has 0 bridgehead atoms. The van der Waals surface area contributed by atoms with E-state index in [0.717, 1.165) is 11.1 Å². The lowest BCUT2D eigenvalue weighted by Crippen LogP contribution is -2.30. The third kappa shape index (κ3) is 5.89. The highest BCUT2D eigenvalue weighted by atomic mass is 16.3. The van der Waals surface area contributed by atoms with E-state index in [1.165, 1.54) is 12.1 Å². The van der Waals surface area contributed by atoms with Crippen molar-refractivity contribution in [3.63, 3.8) is 0 Å². The number of phenols is 1. The van der Waals surface area contributed by atoms with E-state index in [9.17, 15) is 14.7 Å². The van der Waals surface area contributed by atoms with Gasteiger partial charge in [0.1, 0.15) is 11.4 Å². The summed E-state index contributed by atoms with van der Waals surface area (Å²) >= 11 is 0. The number of carbonyl (C=O) groups is 2. The third-order valence-electron chi connectivity index (χ3n) is 5.27. The third-order valence-corrected chi connectivity index (χ3v) is 5.27. The van der Waals surface area contributed by atoms with Crippen molar-refractivity contribution in [3.05, 3.63) is 108 Å². The molecule has 7 nitrogen and oxygen atoms in total. The molecule has 0 saturated heterocycles. The van der Waals surface area contributed by atoms with Gasteiger partial charge in [-0.25, -0.2) is 0 Å². The van der Waals surface area contributed by atoms with Crippen LogP contribution in [-0.2, 0) is 6.54 Å². The molecule has 4 aromatic rings. The SMILES string of the molecule is O=C(NCCCNC(=O)c1cn(Cc2ccccc2)nc1-c1ccccc1)c1cccc(O)c1. The summed E-state index contributed by atoms with van der Waals surface area (Å²) in [4.78, 5) is 25.1. The van der Waals surface area contributed by atoms with Gasteiger partial charge in [0.25, 0.3) is 11.8 Å². The standard InChI is InChI=1S/C27H26N4O3/c32-23-14-7-13-22(17-23)26(33)28-15-8-16-29-27(34)24-19-31(18-20-9-3-1-4-10-20)30-25(24)21-11-5-2-6-12-21/h1-7,9-14,17,19,32H,8,15-16,18H2,(H,28,33)(H,29,34). The lowest BCUT2D eigenvalue weighted by molar-refractivity contribution is 0.0951. The zero-order chi connectivity index (χ0) is 23.8. The second-order valence-electron chi connectivity index (χ2n) is 7.86. The summed E-state index contributed by atoms with van der Waals surface area (Å²) in [5.74, 6) is -0.435. The van der Waals surface area contributed by atoms with Crippen LogP contribution in [0.2, 0.25) is 0 Å². The number of carbonyl (C=O) groups excluding carboxylic acids is 2. The van der Waals surface area contributed by atoms with E-state index in [1.54, 1.807) is 23.0 Å². The molecule has 2 amide bonds. The molecular formula is C27H26N4O3. The topological polar surface area (TPSA) is 96.3 Å². The molecule has 34 heavy (non-hydrogen) atoms. The highest BCUT2D eigenvalue weighted by Gasteiger charge is 2.18. The van der Waals surface area contributed by atoms with E-state index in [1.807, 2.05) is 60.7 Å². The maximum Gasteiger partial charge on any atom is 0.255 e. The largest absolute Gasteiger partial charge is 0.508 e. The van der Waals surface area contributed by atoms with Gasteiger partial charge in [-0.15, -0.1) is 0 Å². The Bertz CT molecular complexity index is 1250. The highest BCUT2D eigenvalue weighted by Crippen LogP contribution is 2.22. The van der Waals surface area contributed by atoms with Crippen molar-refractivity contribution in [2.45, 2.75) is 13.0 Å². The first-order valence-electron chi connectivity index (χ1n) is 11.1. The normalized spacial score (nSPS) is 10.6. The van der Waals surface area contributed by atoms with Crippen LogP contribution in [0.15, 0.2) is 91.1 Å². The van der Waals surface area contributed by atoms with Gasteiger partial charge in [0, 0.05) is 30.4 Å². The van der Waals surface area contributed by atoms with Crippen LogP contribution in [0.1, 0.15) is 32.7 Å². The molecule has 3 aromatic carbocycles. The highest BCUT2D eigenvalue weighted by molar-refractivity contribution is 5.99. The number of phenolic OH excluding ortho intramolecular Hbond substituents is 1. The fourth-order valence-corrected chi connectivity index (χ4v) is 3.58. The molecule has 4 rings (SSSR count). The molecule has 0 fully saturated rings. The first-order valence-corrected chi connectivity index (χ1v) is 11.1. The lowest BCUT2D eigenvalue weighted by atomic mass is 10.1. The summed E-state index contributed by atoms with van der Waals surface area (Å²) in [6.45, 7) is 1.36. The molecule has 0 aliphatic heterocycles. The van der Waals surface area contributed by atoms with Crippen molar-refractivity contribution in [2.75, 3.05) is 13.1 Å². The van der Waals surface area contributed by atoms with Gasteiger partial charge in [-0.05, 0) is 30.2 Å². The van der Waals surface area contributed by atoms with Gasteiger partial charge in [0.05, 0.1) is 12.1 Å². The monoisotopic (exact) mass is 454 g/mol. The van der Waals surface area contributed by atoms with Crippen LogP contribution in [0.5, 0.6) is 5.75 Å². The number of nitrogens with zero attached hydrogens (tertiary/aromatic N) is 2. The van der Waals surface area contributed by atoms with Crippen LogP contribution in [-0.4, -0.2) is 39.8 Å². The van der Waals surface area contributed by atoms with Crippen LogP contribution in [0.4, 0.5) is 0 Å². The fourth-order valence-electron chi connectivity index (χ4n) is 3.58. The number of hydrogen-bond donors (Lipinski definition) is 3. The molecule has 0 radical (unpaired) electrons. The first kappa shape index (κ1) is 22.8. The number of aromatic hydroxyl groups is 1. The first-order chi connectivity index (χ1) is 16.6. The number of hydrogen-bond acceptors (Lipinski definition) is 4. The van der Waals surface area contributed by atoms with Gasteiger partial charge in [0.2, 0.25) is 0 Å². The van der Waals surface area contributed by atoms with E-state index >= 15 is 0 Å². The van der Waals surface area contributed by atoms with Crippen molar-refractivity contribution in [3.8, 4) is 17.0 Å². The molecule has 1 heterocycles. The summed E-state index contributed by atoms with van der Waals surface area (Å²) in [6, 6.07) is 25.8. The summed E-state index contributed by atoms with van der Waals surface area (Å²) < 4.78 is 1.78. The molecule has 0 atom stereocenters. The van der Waals surface area contributed by atoms with Crippen molar-refractivity contribution >= 4 is 11.8 Å². The second kappa shape index (κ2) is 11.0. The summed E-state index contributed by atoms with van der Waals surface area (Å²) in [7, 11) is 0. The van der Waals surface area contributed by atoms with Crippen molar-refractivity contribution in [1.29, 1.82) is 0 Å². The minimum Gasteiger partial charge on any atom is -0.508 e. The number of rotatable bonds is 9. The van der Waals surface area contributed by atoms with Crippen LogP contribution in [0, 0.1) is 0 Å². The van der Waals surface area contributed by atoms with Gasteiger partial charge in [-0.3, -0.25) is 14.3 Å². The van der Waals surface area contributed by atoms with Gasteiger partial charge in [0.15, 0.2) is 0 Å². The zero-order valence-electron chi connectivity index (χ0n) is 18.6. The molecular weight excluding hydrogens is 428 g/mol. The van der Waals surface area contributed by atoms with Crippen LogP contribution >= 0.6 is 0 Å². The quantitative estimate of drug-likeness (QED) is 0.335. The Balaban J connectivity index is 1.37. The molecule has 172 valence electrons. The Kier molecular flexibility index (Phi) is 7.35. The van der Waals surface area contributed by atoms with Gasteiger partial charge >= 0.3 is 0 Å². The average molecular weight is 455 g/mol. The minimum absolute atomic E-state index is 0.0435. The predicted octanol–water partition coefficient (Wildman–Crippen LogP) is 3.85. The zero-order valence-corrected chi connectivity index (χ0v) is 18.6. The number of benzene rings is 3. The molecule has 7 heteroatoms. The van der Waals surface area contributed by atoms with Crippen LogP contribution in [0.25, 0.3) is 11.3 Å². The van der Waals surface area contributed by atoms with Crippen molar-refractivity contribution in [1.82, 2.24) is 20.4 Å². The van der Waals surface area contributed by atoms with Gasteiger partial charge in [-0.1, -0.05) is 66.7 Å². The Morgan fingerprint density at radius 1 is 0.824 bits per heavy atom. The van der Waals surface area contributed by atoms with Crippen LogP contribution in [0.3, 0.4) is 0 Å². The molecule has 0 saturated carbocycles. The predicted molar refractivity (Wildman–Crippen MR) is 131 cm³/mol. The molecule has 0 unspecified atom stereocenters. The van der Waals surface area contributed by atoms with Crippen molar-refractivity contribution in [2.24, 2.45) is 0 Å². The minimum atomic E-state index is -0.268. The molecule has 0 spiro atoms. The lowest BCUT2D eigenvalue weighted by Gasteiger charge is -2.07. The number of amides is 2. The van der Waals surface area contributed by atoms with E-state index in [2.05, 4.69) is 15.7 Å². The average Bonchev–Trinajstić information content (AvgIpc) is 3.28. The van der Waals surface area contributed by atoms with Gasteiger partial charge in [-0.2, -0.15) is 5.10 Å². The van der Waals surface area contributed by atoms with Crippen LogP contribution < -0.4 is 10.6 Å². The molecule has 0 aliphatic rings. The summed E-state index contributed by atoms with van der Waals surface area (Å²) in [6.07, 6.45) is 2.34. The molecule has 3 N–H and O–H groups in total. The Labute approximate surface area is 198 Å². The smallest absolute Gasteiger partial charge is 0.255 e. The summed E-state index contributed by atoms with van der Waals surface area (Å²) in [5, 5.41) is 19.9. The van der Waals surface area contributed by atoms with E-state index in [4.69, 9.17) is 0 Å². The Morgan fingerprint density at radius 3 is 2.21 bits per heavy atom. The molecule has 0 aliphatic carbocycles. The summed E-state index contributed by atoms with van der Waals surface area (Å²) in [5.41, 5.74) is 3.50.